The zero-order chi connectivity index (χ0) is 10.9. The number of pyridine rings is 1. The minimum atomic E-state index is -3.01. The summed E-state index contributed by atoms with van der Waals surface area (Å²) < 4.78 is 24.8. The van der Waals surface area contributed by atoms with Crippen LogP contribution >= 0.6 is 0 Å². The topological polar surface area (TPSA) is 102 Å². The molecule has 7 heteroatoms. The molecule has 1 aromatic rings. The van der Waals surface area contributed by atoms with E-state index in [1.54, 1.807) is 0 Å². The third-order valence-corrected chi connectivity index (χ3v) is 1.63. The maximum absolute atomic E-state index is 12.4. The third kappa shape index (κ3) is 1.56. The van der Waals surface area contributed by atoms with Gasteiger partial charge in [0.05, 0.1) is 11.3 Å². The summed E-state index contributed by atoms with van der Waals surface area (Å²) in [6.45, 7) is 0. The smallest absolute Gasteiger partial charge is 0.266 e. The quantitative estimate of drug-likeness (QED) is 0.630. The Morgan fingerprint density at radius 1 is 1.50 bits per heavy atom. The molecule has 5 nitrogen and oxygen atoms in total. The summed E-state index contributed by atoms with van der Waals surface area (Å²) in [5.74, 6) is -1.23. The molecule has 1 heterocycles. The second kappa shape index (κ2) is 3.44. The monoisotopic (exact) mass is 203 g/mol. The number of carbonyl (C=O) groups excluding carboxylic acids is 1. The number of H-pyrrole nitrogens is 1. The number of anilines is 1. The van der Waals surface area contributed by atoms with Gasteiger partial charge in [0.15, 0.2) is 0 Å². The van der Waals surface area contributed by atoms with Crippen molar-refractivity contribution >= 4 is 11.6 Å². The van der Waals surface area contributed by atoms with Crippen molar-refractivity contribution in [1.29, 1.82) is 0 Å². The van der Waals surface area contributed by atoms with Gasteiger partial charge in [0.25, 0.3) is 17.9 Å². The lowest BCUT2D eigenvalue weighted by molar-refractivity contribution is 0.0984. The van der Waals surface area contributed by atoms with Crippen molar-refractivity contribution in [1.82, 2.24) is 4.98 Å². The molecule has 5 N–H and O–H groups in total. The number of amides is 1. The molecule has 1 rings (SSSR count). The Bertz CT molecular complexity index is 427. The van der Waals surface area contributed by atoms with Crippen molar-refractivity contribution in [2.75, 3.05) is 5.73 Å². The molecule has 0 fully saturated rings. The van der Waals surface area contributed by atoms with Crippen LogP contribution in [0.3, 0.4) is 0 Å². The number of primary amides is 1. The van der Waals surface area contributed by atoms with E-state index in [2.05, 4.69) is 0 Å². The largest absolute Gasteiger partial charge is 0.397 e. The van der Waals surface area contributed by atoms with Crippen LogP contribution in [0, 0.1) is 0 Å². The summed E-state index contributed by atoms with van der Waals surface area (Å²) in [4.78, 5) is 23.7. The fourth-order valence-corrected chi connectivity index (χ4v) is 1.04. The number of carbonyl (C=O) groups is 1. The number of nitrogen functional groups attached to an aromatic ring is 1. The molecule has 0 saturated carbocycles. The highest BCUT2D eigenvalue weighted by Crippen LogP contribution is 2.25. The van der Waals surface area contributed by atoms with Crippen LogP contribution in [0.1, 0.15) is 22.3 Å². The van der Waals surface area contributed by atoms with E-state index in [1.165, 1.54) is 0 Å². The Balaban J connectivity index is 3.58. The van der Waals surface area contributed by atoms with Gasteiger partial charge in [-0.3, -0.25) is 9.59 Å². The number of halogens is 2. The molecule has 0 aliphatic heterocycles. The Hall–Kier alpha value is -1.92. The van der Waals surface area contributed by atoms with Crippen molar-refractivity contribution in [2.45, 2.75) is 6.43 Å². The van der Waals surface area contributed by atoms with Gasteiger partial charge in [0, 0.05) is 6.20 Å². The van der Waals surface area contributed by atoms with Crippen LogP contribution < -0.4 is 17.0 Å². The van der Waals surface area contributed by atoms with E-state index in [0.29, 0.717) is 0 Å². The summed E-state index contributed by atoms with van der Waals surface area (Å²) >= 11 is 0. The standard InChI is InChI=1S/C7H7F2N3O2/c8-5(9)3-2(10)1-12-7(14)4(3)6(11)13/h1,5H,10H2,(H2,11,13)(H,12,14). The third-order valence-electron chi connectivity index (χ3n) is 1.63. The zero-order valence-electron chi connectivity index (χ0n) is 6.88. The Morgan fingerprint density at radius 2 is 2.07 bits per heavy atom. The molecule has 0 saturated heterocycles. The van der Waals surface area contributed by atoms with Crippen LogP contribution in [0.4, 0.5) is 14.5 Å². The van der Waals surface area contributed by atoms with E-state index in [0.717, 1.165) is 6.20 Å². The van der Waals surface area contributed by atoms with Gasteiger partial charge in [0.1, 0.15) is 5.56 Å². The van der Waals surface area contributed by atoms with Crippen LogP contribution in [0.15, 0.2) is 11.0 Å². The van der Waals surface area contributed by atoms with E-state index in [4.69, 9.17) is 11.5 Å². The number of hydrogen-bond acceptors (Lipinski definition) is 3. The number of nitrogens with one attached hydrogen (secondary N) is 1. The molecule has 76 valence electrons. The van der Waals surface area contributed by atoms with Crippen molar-refractivity contribution < 1.29 is 13.6 Å². The van der Waals surface area contributed by atoms with Gasteiger partial charge in [-0.05, 0) is 0 Å². The van der Waals surface area contributed by atoms with E-state index in [-0.39, 0.29) is 5.69 Å². The van der Waals surface area contributed by atoms with Crippen LogP contribution in [-0.2, 0) is 0 Å². The van der Waals surface area contributed by atoms with Gasteiger partial charge >= 0.3 is 0 Å². The Kier molecular flexibility index (Phi) is 2.50. The highest BCUT2D eigenvalue weighted by molar-refractivity contribution is 5.95. The Morgan fingerprint density at radius 3 is 2.43 bits per heavy atom. The number of hydrogen-bond donors (Lipinski definition) is 3. The summed E-state index contributed by atoms with van der Waals surface area (Å²) in [6.07, 6.45) is -2.12. The molecule has 1 amide bonds. The van der Waals surface area contributed by atoms with Gasteiger partial charge in [-0.2, -0.15) is 0 Å². The minimum Gasteiger partial charge on any atom is -0.397 e. The van der Waals surface area contributed by atoms with E-state index in [1.807, 2.05) is 4.98 Å². The molecule has 0 bridgehead atoms. The molecule has 0 atom stereocenters. The van der Waals surface area contributed by atoms with Crippen LogP contribution in [0.5, 0.6) is 0 Å². The summed E-state index contributed by atoms with van der Waals surface area (Å²) in [7, 11) is 0. The predicted molar refractivity (Wildman–Crippen MR) is 44.9 cm³/mol. The maximum Gasteiger partial charge on any atom is 0.266 e. The van der Waals surface area contributed by atoms with Crippen molar-refractivity contribution in [3.8, 4) is 0 Å². The average Bonchev–Trinajstić information content (AvgIpc) is 2.07. The highest BCUT2D eigenvalue weighted by atomic mass is 19.3. The number of aromatic nitrogens is 1. The van der Waals surface area contributed by atoms with Crippen LogP contribution in [0.2, 0.25) is 0 Å². The van der Waals surface area contributed by atoms with Crippen molar-refractivity contribution in [3.63, 3.8) is 0 Å². The van der Waals surface area contributed by atoms with Gasteiger partial charge in [-0.15, -0.1) is 0 Å². The van der Waals surface area contributed by atoms with Gasteiger partial charge < -0.3 is 16.5 Å². The van der Waals surface area contributed by atoms with Gasteiger partial charge in [0.2, 0.25) is 0 Å². The first kappa shape index (κ1) is 10.2. The van der Waals surface area contributed by atoms with Crippen molar-refractivity contribution in [3.05, 3.63) is 27.7 Å². The lowest BCUT2D eigenvalue weighted by Gasteiger charge is -2.07. The first-order valence-corrected chi connectivity index (χ1v) is 3.54. The lowest BCUT2D eigenvalue weighted by Crippen LogP contribution is -2.26. The van der Waals surface area contributed by atoms with Gasteiger partial charge in [-0.1, -0.05) is 0 Å². The first-order chi connectivity index (χ1) is 6.45. The summed E-state index contributed by atoms with van der Waals surface area (Å²) in [6, 6.07) is 0. The predicted octanol–water partition coefficient (Wildman–Crippen LogP) is -0.00640. The fourth-order valence-electron chi connectivity index (χ4n) is 1.04. The average molecular weight is 203 g/mol. The molecule has 0 radical (unpaired) electrons. The Labute approximate surface area is 76.7 Å². The van der Waals surface area contributed by atoms with E-state index < -0.39 is 29.0 Å². The zero-order valence-corrected chi connectivity index (χ0v) is 6.88. The summed E-state index contributed by atoms with van der Waals surface area (Å²) in [5.41, 5.74) is 7.00. The fraction of sp³-hybridized carbons (Fsp3) is 0.143. The van der Waals surface area contributed by atoms with E-state index in [9.17, 15) is 18.4 Å². The maximum atomic E-state index is 12.4. The summed E-state index contributed by atoms with van der Waals surface area (Å²) in [5, 5.41) is 0. The van der Waals surface area contributed by atoms with Crippen LogP contribution in [-0.4, -0.2) is 10.9 Å². The molecule has 0 aliphatic rings. The molecule has 0 unspecified atom stereocenters. The van der Waals surface area contributed by atoms with Crippen LogP contribution in [0.25, 0.3) is 0 Å². The molecule has 14 heavy (non-hydrogen) atoms. The second-order valence-corrected chi connectivity index (χ2v) is 2.53. The number of rotatable bonds is 2. The normalized spacial score (nSPS) is 10.5. The first-order valence-electron chi connectivity index (χ1n) is 3.54. The lowest BCUT2D eigenvalue weighted by atomic mass is 10.1. The molecule has 1 aromatic heterocycles. The highest BCUT2D eigenvalue weighted by Gasteiger charge is 2.22. The van der Waals surface area contributed by atoms with Crippen molar-refractivity contribution in [2.24, 2.45) is 5.73 Å². The molecule has 0 aromatic carbocycles. The molecular weight excluding hydrogens is 196 g/mol. The number of alkyl halides is 2. The molecule has 0 spiro atoms. The number of aromatic amines is 1. The second-order valence-electron chi connectivity index (χ2n) is 2.53. The molecular formula is C7H7F2N3O2. The molecule has 0 aliphatic carbocycles. The van der Waals surface area contributed by atoms with E-state index >= 15 is 0 Å². The minimum absolute atomic E-state index is 0.367. The van der Waals surface area contributed by atoms with Gasteiger partial charge in [-0.25, -0.2) is 8.78 Å². The number of nitrogens with two attached hydrogens (primary N) is 2. The SMILES string of the molecule is NC(=O)c1c(C(F)F)c(N)c[nH]c1=O.